The number of nitrogens with zero attached hydrogens (tertiary/aromatic N) is 4. The van der Waals surface area contributed by atoms with Crippen LogP contribution in [0.25, 0.3) is 0 Å². The van der Waals surface area contributed by atoms with Crippen molar-refractivity contribution in [3.8, 4) is 5.75 Å². The fourth-order valence-electron chi connectivity index (χ4n) is 4.01. The summed E-state index contributed by atoms with van der Waals surface area (Å²) < 4.78 is 5.87. The predicted octanol–water partition coefficient (Wildman–Crippen LogP) is 2.81. The van der Waals surface area contributed by atoms with Crippen molar-refractivity contribution < 1.29 is 4.74 Å². The van der Waals surface area contributed by atoms with E-state index in [-0.39, 0.29) is 5.96 Å². The summed E-state index contributed by atoms with van der Waals surface area (Å²) in [5.41, 5.74) is 13.7. The first-order chi connectivity index (χ1) is 13.7. The van der Waals surface area contributed by atoms with E-state index in [2.05, 4.69) is 9.98 Å². The molecule has 0 atom stereocenters. The highest BCUT2D eigenvalue weighted by Gasteiger charge is 2.42. The number of pyridine rings is 1. The number of benzene rings is 1. The lowest BCUT2D eigenvalue weighted by Crippen LogP contribution is -2.58. The van der Waals surface area contributed by atoms with Crippen LogP contribution in [0, 0.1) is 0 Å². The molecule has 1 fully saturated rings. The number of nitrogens with two attached hydrogens (primary N) is 2. The largest absolute Gasteiger partial charge is 0.493 e. The van der Waals surface area contributed by atoms with Gasteiger partial charge in [0.05, 0.1) is 6.61 Å². The number of aliphatic imine (C=N–C) groups is 2. The minimum atomic E-state index is -0.421. The van der Waals surface area contributed by atoms with Gasteiger partial charge in [-0.1, -0.05) is 12.5 Å². The second-order valence-electron chi connectivity index (χ2n) is 7.23. The molecular formula is C21H26N6O. The maximum absolute atomic E-state index is 6.27. The van der Waals surface area contributed by atoms with E-state index in [1.165, 1.54) is 6.42 Å². The van der Waals surface area contributed by atoms with E-state index in [9.17, 15) is 0 Å². The van der Waals surface area contributed by atoms with Gasteiger partial charge in [-0.2, -0.15) is 4.99 Å². The number of hydrogen-bond donors (Lipinski definition) is 2. The SMILES string of the molecule is NC1=NC2(CCCCC2)N(c2ccc(OCCc3ccccn3)cc2)C(N)=N1. The van der Waals surface area contributed by atoms with Crippen molar-refractivity contribution in [3.63, 3.8) is 0 Å². The van der Waals surface area contributed by atoms with Crippen molar-refractivity contribution >= 4 is 17.6 Å². The van der Waals surface area contributed by atoms with Gasteiger partial charge >= 0.3 is 0 Å². The third-order valence-electron chi connectivity index (χ3n) is 5.30. The average molecular weight is 378 g/mol. The molecule has 1 saturated carbocycles. The van der Waals surface area contributed by atoms with Crippen LogP contribution in [0.4, 0.5) is 5.69 Å². The second kappa shape index (κ2) is 7.88. The van der Waals surface area contributed by atoms with Crippen LogP contribution < -0.4 is 21.1 Å². The summed E-state index contributed by atoms with van der Waals surface area (Å²) in [7, 11) is 0. The Labute approximate surface area is 165 Å². The molecule has 4 rings (SSSR count). The van der Waals surface area contributed by atoms with Gasteiger partial charge in [-0.3, -0.25) is 9.88 Å². The zero-order chi connectivity index (χ0) is 19.4. The molecule has 0 amide bonds. The van der Waals surface area contributed by atoms with Gasteiger partial charge in [0.1, 0.15) is 11.4 Å². The molecule has 2 aliphatic rings. The smallest absolute Gasteiger partial charge is 0.220 e. The predicted molar refractivity (Wildman–Crippen MR) is 111 cm³/mol. The highest BCUT2D eigenvalue weighted by atomic mass is 16.5. The Bertz CT molecular complexity index is 856. The van der Waals surface area contributed by atoms with E-state index in [0.29, 0.717) is 12.6 Å². The van der Waals surface area contributed by atoms with Gasteiger partial charge < -0.3 is 16.2 Å². The lowest BCUT2D eigenvalue weighted by atomic mass is 9.87. The molecule has 1 aromatic heterocycles. The Balaban J connectivity index is 1.47. The summed E-state index contributed by atoms with van der Waals surface area (Å²) >= 11 is 0. The van der Waals surface area contributed by atoms with E-state index >= 15 is 0 Å². The summed E-state index contributed by atoms with van der Waals surface area (Å²) in [5.74, 6) is 1.48. The molecule has 1 spiro atoms. The molecule has 2 heterocycles. The number of guanidine groups is 2. The third-order valence-corrected chi connectivity index (χ3v) is 5.30. The van der Waals surface area contributed by atoms with Crippen molar-refractivity contribution in [2.24, 2.45) is 21.5 Å². The molecule has 1 aliphatic carbocycles. The van der Waals surface area contributed by atoms with Gasteiger partial charge in [-0.05, 0) is 62.1 Å². The topological polar surface area (TPSA) is 102 Å². The van der Waals surface area contributed by atoms with Crippen LogP contribution in [0.2, 0.25) is 0 Å². The van der Waals surface area contributed by atoms with E-state index in [0.717, 1.165) is 49.2 Å². The summed E-state index contributed by atoms with van der Waals surface area (Å²) in [4.78, 5) is 15.2. The van der Waals surface area contributed by atoms with Gasteiger partial charge in [0.15, 0.2) is 0 Å². The maximum atomic E-state index is 6.27. The van der Waals surface area contributed by atoms with Crippen molar-refractivity contribution in [3.05, 3.63) is 54.4 Å². The van der Waals surface area contributed by atoms with Gasteiger partial charge in [-0.25, -0.2) is 4.99 Å². The van der Waals surface area contributed by atoms with E-state index in [4.69, 9.17) is 21.2 Å². The van der Waals surface area contributed by atoms with Gasteiger partial charge in [0.2, 0.25) is 11.9 Å². The van der Waals surface area contributed by atoms with Crippen LogP contribution >= 0.6 is 0 Å². The fourth-order valence-corrected chi connectivity index (χ4v) is 4.01. The summed E-state index contributed by atoms with van der Waals surface area (Å²) in [6.45, 7) is 0.578. The quantitative estimate of drug-likeness (QED) is 0.833. The molecular weight excluding hydrogens is 352 g/mol. The van der Waals surface area contributed by atoms with E-state index < -0.39 is 5.66 Å². The van der Waals surface area contributed by atoms with E-state index in [1.807, 2.05) is 47.4 Å². The van der Waals surface area contributed by atoms with E-state index in [1.54, 1.807) is 6.20 Å². The minimum absolute atomic E-state index is 0.269. The molecule has 0 saturated heterocycles. The van der Waals surface area contributed by atoms with Crippen LogP contribution in [0.5, 0.6) is 5.75 Å². The monoisotopic (exact) mass is 378 g/mol. The molecule has 1 aliphatic heterocycles. The van der Waals surface area contributed by atoms with Crippen LogP contribution in [-0.2, 0) is 6.42 Å². The molecule has 7 heteroatoms. The highest BCUT2D eigenvalue weighted by Crippen LogP contribution is 2.39. The number of aromatic nitrogens is 1. The fraction of sp³-hybridized carbons (Fsp3) is 0.381. The number of anilines is 1. The molecule has 7 nitrogen and oxygen atoms in total. The van der Waals surface area contributed by atoms with Crippen LogP contribution in [0.3, 0.4) is 0 Å². The van der Waals surface area contributed by atoms with Crippen molar-refractivity contribution in [1.29, 1.82) is 0 Å². The zero-order valence-corrected chi connectivity index (χ0v) is 15.9. The highest BCUT2D eigenvalue weighted by molar-refractivity contribution is 6.05. The molecule has 0 radical (unpaired) electrons. The number of ether oxygens (including phenoxy) is 1. The number of hydrogen-bond acceptors (Lipinski definition) is 7. The van der Waals surface area contributed by atoms with Crippen LogP contribution in [0.1, 0.15) is 37.8 Å². The Hall–Kier alpha value is -3.09. The summed E-state index contributed by atoms with van der Waals surface area (Å²) in [6, 6.07) is 13.8. The minimum Gasteiger partial charge on any atom is -0.493 e. The Morgan fingerprint density at radius 1 is 1.00 bits per heavy atom. The van der Waals surface area contributed by atoms with Crippen LogP contribution in [0.15, 0.2) is 58.6 Å². The average Bonchev–Trinajstić information content (AvgIpc) is 2.70. The first-order valence-corrected chi connectivity index (χ1v) is 9.79. The standard InChI is InChI=1S/C21H26N6O/c22-19-25-20(23)27(21(26-19)12-3-1-4-13-21)17-7-9-18(10-8-17)28-15-11-16-6-2-5-14-24-16/h2,5-10,14H,1,3-4,11-13,15H2,(H4,22,23,25,26). The molecule has 0 unspecified atom stereocenters. The lowest BCUT2D eigenvalue weighted by molar-refractivity contribution is 0.305. The molecule has 2 aromatic rings. The molecule has 1 aromatic carbocycles. The Morgan fingerprint density at radius 2 is 1.79 bits per heavy atom. The maximum Gasteiger partial charge on any atom is 0.220 e. The van der Waals surface area contributed by atoms with Crippen molar-refractivity contribution in [2.45, 2.75) is 44.2 Å². The first-order valence-electron chi connectivity index (χ1n) is 9.79. The summed E-state index contributed by atoms with van der Waals surface area (Å²) in [5, 5.41) is 0. The normalized spacial score (nSPS) is 18.5. The molecule has 0 bridgehead atoms. The first kappa shape index (κ1) is 18.3. The third kappa shape index (κ3) is 3.78. The molecule has 146 valence electrons. The number of rotatable bonds is 5. The second-order valence-corrected chi connectivity index (χ2v) is 7.23. The zero-order valence-electron chi connectivity index (χ0n) is 15.9. The van der Waals surface area contributed by atoms with Crippen molar-refractivity contribution in [1.82, 2.24) is 4.98 Å². The van der Waals surface area contributed by atoms with Crippen molar-refractivity contribution in [2.75, 3.05) is 11.5 Å². The van der Waals surface area contributed by atoms with Gasteiger partial charge in [-0.15, -0.1) is 0 Å². The lowest BCUT2D eigenvalue weighted by Gasteiger charge is -2.45. The van der Waals surface area contributed by atoms with Crippen LogP contribution in [-0.4, -0.2) is 29.2 Å². The summed E-state index contributed by atoms with van der Waals surface area (Å²) in [6.07, 6.45) is 7.84. The molecule has 4 N–H and O–H groups in total. The van der Waals surface area contributed by atoms with Gasteiger partial charge in [0.25, 0.3) is 0 Å². The molecule has 28 heavy (non-hydrogen) atoms. The Morgan fingerprint density at radius 3 is 2.50 bits per heavy atom. The van der Waals surface area contributed by atoms with Gasteiger partial charge in [0, 0.05) is 24.0 Å². The Kier molecular flexibility index (Phi) is 5.14.